The van der Waals surface area contributed by atoms with Gasteiger partial charge in [-0.1, -0.05) is 12.1 Å². The zero-order valence-corrected chi connectivity index (χ0v) is 13.3. The normalized spacial score (nSPS) is 11.4. The summed E-state index contributed by atoms with van der Waals surface area (Å²) in [7, 11) is 1.67. The first kappa shape index (κ1) is 13.8. The fraction of sp³-hybridized carbons (Fsp3) is 0.235. The lowest BCUT2D eigenvalue weighted by atomic mass is 10.2. The van der Waals surface area contributed by atoms with Gasteiger partial charge in [0.15, 0.2) is 5.82 Å². The molecule has 1 aromatic carbocycles. The Kier molecular flexibility index (Phi) is 3.04. The van der Waals surface area contributed by atoms with E-state index in [1.54, 1.807) is 7.11 Å². The van der Waals surface area contributed by atoms with Gasteiger partial charge in [-0.2, -0.15) is 5.10 Å². The minimum atomic E-state index is 0.672. The van der Waals surface area contributed by atoms with E-state index in [2.05, 4.69) is 22.0 Å². The molecule has 0 aliphatic rings. The predicted octanol–water partition coefficient (Wildman–Crippen LogP) is 3.31. The summed E-state index contributed by atoms with van der Waals surface area (Å²) in [5.41, 5.74) is 3.63. The summed E-state index contributed by atoms with van der Waals surface area (Å²) < 4.78 is 7.33. The van der Waals surface area contributed by atoms with Crippen LogP contribution in [0, 0.1) is 6.92 Å². The number of hydrogen-bond acceptors (Lipinski definition) is 4. The molecule has 1 N–H and O–H groups in total. The molecule has 3 heterocycles. The number of hydrogen-bond donors (Lipinski definition) is 1. The topological polar surface area (TPSA) is 68.6 Å². The van der Waals surface area contributed by atoms with Gasteiger partial charge < -0.3 is 9.72 Å². The number of rotatable bonds is 3. The van der Waals surface area contributed by atoms with Crippen LogP contribution in [0.4, 0.5) is 0 Å². The second-order valence-electron chi connectivity index (χ2n) is 5.45. The minimum absolute atomic E-state index is 0.672. The van der Waals surface area contributed by atoms with Crippen molar-refractivity contribution in [3.8, 4) is 17.3 Å². The van der Waals surface area contributed by atoms with E-state index in [0.29, 0.717) is 5.82 Å². The second-order valence-corrected chi connectivity index (χ2v) is 5.45. The van der Waals surface area contributed by atoms with E-state index in [4.69, 9.17) is 9.72 Å². The number of nitrogens with zero attached hydrogens (tertiary/aromatic N) is 4. The molecule has 4 rings (SSSR count). The number of aromatic amines is 1. The van der Waals surface area contributed by atoms with Crippen LogP contribution < -0.4 is 4.74 Å². The molecule has 0 fully saturated rings. The van der Waals surface area contributed by atoms with E-state index in [-0.39, 0.29) is 0 Å². The summed E-state index contributed by atoms with van der Waals surface area (Å²) in [4.78, 5) is 12.6. The van der Waals surface area contributed by atoms with Crippen molar-refractivity contribution in [3.63, 3.8) is 0 Å². The van der Waals surface area contributed by atoms with E-state index in [1.807, 2.05) is 42.1 Å². The van der Waals surface area contributed by atoms with Crippen LogP contribution in [-0.4, -0.2) is 31.8 Å². The zero-order valence-electron chi connectivity index (χ0n) is 13.3. The number of fused-ring (bicyclic) bond motifs is 3. The summed E-state index contributed by atoms with van der Waals surface area (Å²) in [6.45, 7) is 4.81. The molecule has 0 aliphatic heterocycles. The first-order valence-electron chi connectivity index (χ1n) is 7.57. The van der Waals surface area contributed by atoms with Crippen LogP contribution in [0.15, 0.2) is 30.5 Å². The maximum atomic E-state index is 5.42. The van der Waals surface area contributed by atoms with E-state index < -0.39 is 0 Å². The molecule has 0 bridgehead atoms. The fourth-order valence-electron chi connectivity index (χ4n) is 2.94. The molecular formula is C17H17N5O. The lowest BCUT2D eigenvalue weighted by Gasteiger charge is -2.02. The maximum absolute atomic E-state index is 5.42. The number of ether oxygens (including phenoxy) is 1. The number of H-pyrrole nitrogens is 1. The van der Waals surface area contributed by atoms with Crippen LogP contribution in [0.25, 0.3) is 33.5 Å². The smallest absolute Gasteiger partial charge is 0.179 e. The van der Waals surface area contributed by atoms with Crippen LogP contribution >= 0.6 is 0 Å². The van der Waals surface area contributed by atoms with Gasteiger partial charge in [0.05, 0.1) is 18.3 Å². The minimum Gasteiger partial charge on any atom is -0.495 e. The third-order valence-electron chi connectivity index (χ3n) is 4.00. The summed E-state index contributed by atoms with van der Waals surface area (Å²) in [5.74, 6) is 1.47. The number of aryl methyl sites for hydroxylation is 2. The zero-order chi connectivity index (χ0) is 16.0. The molecular weight excluding hydrogens is 290 g/mol. The number of methoxy groups -OCH3 is 1. The molecule has 4 aromatic rings. The van der Waals surface area contributed by atoms with E-state index in [9.17, 15) is 0 Å². The molecule has 3 aromatic heterocycles. The summed E-state index contributed by atoms with van der Waals surface area (Å²) >= 11 is 0. The molecule has 116 valence electrons. The molecule has 0 saturated carbocycles. The van der Waals surface area contributed by atoms with Gasteiger partial charge in [0.1, 0.15) is 17.1 Å². The molecule has 23 heavy (non-hydrogen) atoms. The van der Waals surface area contributed by atoms with Gasteiger partial charge in [0.2, 0.25) is 0 Å². The maximum Gasteiger partial charge on any atom is 0.179 e. The SMILES string of the molecule is CCn1nc(C)cc1-c1ncc2c(n1)[nH]c1c(OC)cccc12. The first-order chi connectivity index (χ1) is 11.2. The monoisotopic (exact) mass is 307 g/mol. The Morgan fingerprint density at radius 1 is 1.26 bits per heavy atom. The molecule has 0 saturated heterocycles. The summed E-state index contributed by atoms with van der Waals surface area (Å²) in [5, 5.41) is 6.51. The van der Waals surface area contributed by atoms with Gasteiger partial charge in [-0.15, -0.1) is 0 Å². The molecule has 6 heteroatoms. The van der Waals surface area contributed by atoms with Crippen molar-refractivity contribution in [2.24, 2.45) is 0 Å². The van der Waals surface area contributed by atoms with E-state index in [1.165, 1.54) is 0 Å². The van der Waals surface area contributed by atoms with Gasteiger partial charge in [-0.3, -0.25) is 4.68 Å². The van der Waals surface area contributed by atoms with Crippen molar-refractivity contribution < 1.29 is 4.74 Å². The Balaban J connectivity index is 1.96. The number of aromatic nitrogens is 5. The fourth-order valence-corrected chi connectivity index (χ4v) is 2.94. The largest absolute Gasteiger partial charge is 0.495 e. The quantitative estimate of drug-likeness (QED) is 0.630. The molecule has 6 nitrogen and oxygen atoms in total. The third-order valence-corrected chi connectivity index (χ3v) is 4.00. The van der Waals surface area contributed by atoms with Crippen molar-refractivity contribution in [1.82, 2.24) is 24.7 Å². The van der Waals surface area contributed by atoms with Crippen molar-refractivity contribution in [2.45, 2.75) is 20.4 Å². The number of benzene rings is 1. The highest BCUT2D eigenvalue weighted by atomic mass is 16.5. The van der Waals surface area contributed by atoms with Gasteiger partial charge in [-0.25, -0.2) is 9.97 Å². The molecule has 0 spiro atoms. The van der Waals surface area contributed by atoms with Crippen LogP contribution in [0.5, 0.6) is 5.75 Å². The van der Waals surface area contributed by atoms with Crippen LogP contribution in [0.1, 0.15) is 12.6 Å². The third kappa shape index (κ3) is 2.06. The average molecular weight is 307 g/mol. The molecule has 0 radical (unpaired) electrons. The highest BCUT2D eigenvalue weighted by molar-refractivity contribution is 6.07. The Labute approximate surface area is 133 Å². The summed E-state index contributed by atoms with van der Waals surface area (Å²) in [6.07, 6.45) is 1.86. The lowest BCUT2D eigenvalue weighted by Crippen LogP contribution is -2.01. The molecule has 0 unspecified atom stereocenters. The molecule has 0 amide bonds. The highest BCUT2D eigenvalue weighted by Gasteiger charge is 2.14. The van der Waals surface area contributed by atoms with Crippen molar-refractivity contribution in [2.75, 3.05) is 7.11 Å². The second kappa shape index (κ2) is 5.08. The average Bonchev–Trinajstić information content (AvgIpc) is 3.13. The van der Waals surface area contributed by atoms with E-state index in [0.717, 1.165) is 45.6 Å². The van der Waals surface area contributed by atoms with Gasteiger partial charge in [0, 0.05) is 23.5 Å². The summed E-state index contributed by atoms with van der Waals surface area (Å²) in [6, 6.07) is 7.95. The highest BCUT2D eigenvalue weighted by Crippen LogP contribution is 2.31. The van der Waals surface area contributed by atoms with E-state index >= 15 is 0 Å². The Morgan fingerprint density at radius 3 is 2.91 bits per heavy atom. The van der Waals surface area contributed by atoms with Gasteiger partial charge >= 0.3 is 0 Å². The standard InChI is InChI=1S/C17H17N5O/c1-4-22-13(8-10(2)21-22)17-18-9-12-11-6-5-7-14(23-3)15(11)19-16(12)20-17/h5-9H,4H2,1-3H3,(H,18,19,20). The molecule has 0 aliphatic carbocycles. The van der Waals surface area contributed by atoms with Gasteiger partial charge in [-0.05, 0) is 26.0 Å². The van der Waals surface area contributed by atoms with Crippen LogP contribution in [0.3, 0.4) is 0 Å². The van der Waals surface area contributed by atoms with Crippen LogP contribution in [-0.2, 0) is 6.54 Å². The predicted molar refractivity (Wildman–Crippen MR) is 89.6 cm³/mol. The molecule has 0 atom stereocenters. The number of nitrogens with one attached hydrogen (secondary N) is 1. The first-order valence-corrected chi connectivity index (χ1v) is 7.57. The number of para-hydroxylation sites is 1. The van der Waals surface area contributed by atoms with Gasteiger partial charge in [0.25, 0.3) is 0 Å². The Hall–Kier alpha value is -2.89. The lowest BCUT2D eigenvalue weighted by molar-refractivity contribution is 0.419. The van der Waals surface area contributed by atoms with Crippen molar-refractivity contribution >= 4 is 21.9 Å². The Morgan fingerprint density at radius 2 is 2.13 bits per heavy atom. The van der Waals surface area contributed by atoms with Crippen LogP contribution in [0.2, 0.25) is 0 Å². The van der Waals surface area contributed by atoms with Crippen molar-refractivity contribution in [3.05, 3.63) is 36.2 Å². The van der Waals surface area contributed by atoms with Crippen molar-refractivity contribution in [1.29, 1.82) is 0 Å². The Bertz CT molecular complexity index is 1010.